The Morgan fingerprint density at radius 1 is 1.25 bits per heavy atom. The molecule has 0 saturated heterocycles. The predicted octanol–water partition coefficient (Wildman–Crippen LogP) is 2.96. The molecule has 4 N–H and O–H groups in total. The highest BCUT2D eigenvalue weighted by Gasteiger charge is 2.29. The number of aryl methyl sites for hydroxylation is 1. The number of para-hydroxylation sites is 1. The molecule has 1 aliphatic rings. The van der Waals surface area contributed by atoms with Gasteiger partial charge in [0, 0.05) is 43.3 Å². The number of amides is 2. The van der Waals surface area contributed by atoms with Crippen molar-refractivity contribution in [2.45, 2.75) is 31.3 Å². The van der Waals surface area contributed by atoms with Gasteiger partial charge in [0.1, 0.15) is 0 Å². The van der Waals surface area contributed by atoms with Crippen molar-refractivity contribution in [1.82, 2.24) is 20.7 Å². The fourth-order valence-electron chi connectivity index (χ4n) is 4.42. The second kappa shape index (κ2) is 9.38. The normalized spacial score (nSPS) is 16.3. The highest BCUT2D eigenvalue weighted by molar-refractivity contribution is 5.90. The number of carbonyl (C=O) groups excluding carboxylic acids is 2. The Labute approximate surface area is 187 Å². The molecule has 2 amide bonds. The average Bonchev–Trinajstić information content (AvgIpc) is 3.40. The summed E-state index contributed by atoms with van der Waals surface area (Å²) in [5.74, 6) is -0.509. The van der Waals surface area contributed by atoms with E-state index in [9.17, 15) is 9.59 Å². The number of fused-ring (bicyclic) bond motifs is 2. The number of aromatic nitrogens is 1. The van der Waals surface area contributed by atoms with Crippen molar-refractivity contribution in [3.63, 3.8) is 0 Å². The van der Waals surface area contributed by atoms with Crippen LogP contribution in [0.4, 0.5) is 0 Å². The maximum Gasteiger partial charge on any atom is 0.267 e. The van der Waals surface area contributed by atoms with Crippen molar-refractivity contribution in [3.05, 3.63) is 77.0 Å². The summed E-state index contributed by atoms with van der Waals surface area (Å²) in [5, 5.41) is 13.4. The molecule has 7 nitrogen and oxygen atoms in total. The largest absolute Gasteiger partial charge is 0.361 e. The molecule has 0 bridgehead atoms. The zero-order valence-corrected chi connectivity index (χ0v) is 18.3. The van der Waals surface area contributed by atoms with E-state index in [1.54, 1.807) is 30.6 Å². The summed E-state index contributed by atoms with van der Waals surface area (Å²) in [5.41, 5.74) is 7.07. The summed E-state index contributed by atoms with van der Waals surface area (Å²) in [6, 6.07) is 13.9. The van der Waals surface area contributed by atoms with Crippen LogP contribution >= 0.6 is 0 Å². The first-order valence-corrected chi connectivity index (χ1v) is 10.7. The number of benzene rings is 2. The van der Waals surface area contributed by atoms with Gasteiger partial charge in [-0.05, 0) is 53.7 Å². The number of nitrogens with one attached hydrogen (secondary N) is 3. The van der Waals surface area contributed by atoms with E-state index >= 15 is 0 Å². The third kappa shape index (κ3) is 4.59. The summed E-state index contributed by atoms with van der Waals surface area (Å²) in [7, 11) is 3.58. The number of hydroxylamine groups is 1. The summed E-state index contributed by atoms with van der Waals surface area (Å²) in [6.07, 6.45) is 7.36. The minimum atomic E-state index is -0.563. The van der Waals surface area contributed by atoms with Crippen LogP contribution in [0.5, 0.6) is 0 Å². The van der Waals surface area contributed by atoms with E-state index in [0.717, 1.165) is 34.9 Å². The van der Waals surface area contributed by atoms with Crippen LogP contribution in [0.25, 0.3) is 17.0 Å². The molecule has 3 aromatic rings. The molecule has 7 heteroatoms. The lowest BCUT2D eigenvalue weighted by Crippen LogP contribution is -2.46. The van der Waals surface area contributed by atoms with Crippen LogP contribution in [0.3, 0.4) is 0 Å². The van der Waals surface area contributed by atoms with Crippen molar-refractivity contribution in [2.24, 2.45) is 0 Å². The van der Waals surface area contributed by atoms with Crippen LogP contribution in [-0.2, 0) is 22.4 Å². The number of carbonyl (C=O) groups is 2. The van der Waals surface area contributed by atoms with E-state index in [4.69, 9.17) is 5.21 Å². The van der Waals surface area contributed by atoms with E-state index in [0.29, 0.717) is 6.42 Å². The van der Waals surface area contributed by atoms with Crippen molar-refractivity contribution >= 4 is 28.8 Å². The number of hydrogen-bond donors (Lipinski definition) is 4. The van der Waals surface area contributed by atoms with Crippen molar-refractivity contribution in [1.29, 1.82) is 0 Å². The lowest BCUT2D eigenvalue weighted by molar-refractivity contribution is -0.131. The molecule has 0 fully saturated rings. The molecule has 0 spiro atoms. The van der Waals surface area contributed by atoms with Crippen LogP contribution in [0, 0.1) is 0 Å². The third-order valence-corrected chi connectivity index (χ3v) is 6.02. The molecule has 32 heavy (non-hydrogen) atoms. The number of hydrogen-bond acceptors (Lipinski definition) is 4. The van der Waals surface area contributed by atoms with E-state index in [1.165, 1.54) is 17.2 Å². The number of aromatic amines is 1. The van der Waals surface area contributed by atoms with E-state index < -0.39 is 5.91 Å². The molecule has 0 saturated carbocycles. The Bertz CT molecular complexity index is 1160. The zero-order valence-electron chi connectivity index (χ0n) is 18.3. The fourth-order valence-corrected chi connectivity index (χ4v) is 4.42. The highest BCUT2D eigenvalue weighted by atomic mass is 16.5. The fraction of sp³-hybridized carbons (Fsp3) is 0.280. The lowest BCUT2D eigenvalue weighted by atomic mass is 10.0. The van der Waals surface area contributed by atoms with E-state index in [-0.39, 0.29) is 18.0 Å². The summed E-state index contributed by atoms with van der Waals surface area (Å²) in [6.45, 7) is 0. The van der Waals surface area contributed by atoms with Gasteiger partial charge in [-0.1, -0.05) is 36.4 Å². The Balaban J connectivity index is 1.54. The number of likely N-dealkylation sites (N-methyl/N-ethyl adjacent to an activating group) is 1. The minimum Gasteiger partial charge on any atom is -0.361 e. The van der Waals surface area contributed by atoms with Gasteiger partial charge in [0.2, 0.25) is 5.91 Å². The molecule has 1 unspecified atom stereocenters. The van der Waals surface area contributed by atoms with Crippen LogP contribution in [0.15, 0.2) is 54.7 Å². The van der Waals surface area contributed by atoms with Gasteiger partial charge in [-0.2, -0.15) is 0 Å². The quantitative estimate of drug-likeness (QED) is 0.262. The second-order valence-electron chi connectivity index (χ2n) is 8.37. The minimum absolute atomic E-state index is 0.0540. The van der Waals surface area contributed by atoms with Gasteiger partial charge in [-0.3, -0.25) is 20.1 Å². The summed E-state index contributed by atoms with van der Waals surface area (Å²) >= 11 is 0. The molecule has 1 heterocycles. The van der Waals surface area contributed by atoms with Gasteiger partial charge in [0.05, 0.1) is 6.04 Å². The molecule has 0 aliphatic heterocycles. The highest BCUT2D eigenvalue weighted by Crippen LogP contribution is 2.33. The number of nitrogens with zero attached hydrogens (tertiary/aromatic N) is 1. The summed E-state index contributed by atoms with van der Waals surface area (Å²) < 4.78 is 0. The van der Waals surface area contributed by atoms with Gasteiger partial charge in [-0.25, -0.2) is 5.48 Å². The predicted molar refractivity (Wildman–Crippen MR) is 124 cm³/mol. The SMILES string of the molecule is CN(C)C(=O)[C@H](Cc1c[nH]c2ccccc12)NC1CCc2cc(C=CC(=O)NO)ccc21. The Morgan fingerprint density at radius 3 is 2.84 bits per heavy atom. The standard InChI is InChI=1S/C25H28N4O3/c1-29(2)25(31)23(14-18-15-26-21-6-4-3-5-19(18)21)27-22-11-9-17-13-16(7-10-20(17)22)8-12-24(30)28-32/h3-8,10,12-13,15,22-23,26-27,32H,9,11,14H2,1-2H3,(H,28,30)/t22?,23-/m0/s1. The van der Waals surface area contributed by atoms with Gasteiger partial charge >= 0.3 is 0 Å². The van der Waals surface area contributed by atoms with Crippen LogP contribution in [0.1, 0.15) is 34.7 Å². The molecule has 166 valence electrons. The Morgan fingerprint density at radius 2 is 2.06 bits per heavy atom. The molecule has 4 rings (SSSR count). The first-order chi connectivity index (χ1) is 15.5. The van der Waals surface area contributed by atoms with Gasteiger partial charge in [0.15, 0.2) is 0 Å². The van der Waals surface area contributed by atoms with Crippen molar-refractivity contribution in [3.8, 4) is 0 Å². The molecule has 2 atom stereocenters. The molecule has 2 aromatic carbocycles. The van der Waals surface area contributed by atoms with E-state index in [1.807, 2.05) is 30.5 Å². The zero-order chi connectivity index (χ0) is 22.7. The van der Waals surface area contributed by atoms with Gasteiger partial charge < -0.3 is 9.88 Å². The lowest BCUT2D eigenvalue weighted by Gasteiger charge is -2.25. The molecular weight excluding hydrogens is 404 g/mol. The number of rotatable bonds is 7. The average molecular weight is 433 g/mol. The Kier molecular flexibility index (Phi) is 6.39. The molecular formula is C25H28N4O3. The first kappa shape index (κ1) is 21.8. The van der Waals surface area contributed by atoms with Gasteiger partial charge in [-0.15, -0.1) is 0 Å². The van der Waals surface area contributed by atoms with Crippen molar-refractivity contribution < 1.29 is 14.8 Å². The molecule has 1 aromatic heterocycles. The smallest absolute Gasteiger partial charge is 0.267 e. The molecule has 0 radical (unpaired) electrons. The van der Waals surface area contributed by atoms with Gasteiger partial charge in [0.25, 0.3) is 5.91 Å². The maximum absolute atomic E-state index is 13.0. The second-order valence-corrected chi connectivity index (χ2v) is 8.37. The topological polar surface area (TPSA) is 97.5 Å². The Hall–Kier alpha value is -3.42. The first-order valence-electron chi connectivity index (χ1n) is 10.7. The van der Waals surface area contributed by atoms with E-state index in [2.05, 4.69) is 28.5 Å². The monoisotopic (exact) mass is 432 g/mol. The number of H-pyrrole nitrogens is 1. The van der Waals surface area contributed by atoms with Crippen LogP contribution in [0.2, 0.25) is 0 Å². The van der Waals surface area contributed by atoms with Crippen LogP contribution < -0.4 is 10.8 Å². The third-order valence-electron chi connectivity index (χ3n) is 6.02. The summed E-state index contributed by atoms with van der Waals surface area (Å²) in [4.78, 5) is 29.2. The van der Waals surface area contributed by atoms with Crippen LogP contribution in [-0.4, -0.2) is 47.0 Å². The van der Waals surface area contributed by atoms with Crippen molar-refractivity contribution in [2.75, 3.05) is 14.1 Å². The molecule has 1 aliphatic carbocycles. The maximum atomic E-state index is 13.0.